The smallest absolute Gasteiger partial charge is 0.129 e. The molecule has 1 atom stereocenters. The third-order valence-corrected chi connectivity index (χ3v) is 2.73. The van der Waals surface area contributed by atoms with Crippen molar-refractivity contribution in [1.82, 2.24) is 0 Å². The monoisotopic (exact) mass is 251 g/mol. The topological polar surface area (TPSA) is 51.0 Å². The molecule has 0 aromatic heterocycles. The van der Waals surface area contributed by atoms with Gasteiger partial charge in [0.05, 0.1) is 11.8 Å². The molecule has 4 heteroatoms. The molecule has 0 amide bonds. The minimum Gasteiger partial charge on any atom is -0.490 e. The first kappa shape index (κ1) is 14.5. The van der Waals surface area contributed by atoms with Crippen LogP contribution >= 0.6 is 0 Å². The Morgan fingerprint density at radius 2 is 2.17 bits per heavy atom. The van der Waals surface area contributed by atoms with E-state index in [0.29, 0.717) is 12.3 Å². The van der Waals surface area contributed by atoms with Crippen LogP contribution in [0.4, 0.5) is 0 Å². The van der Waals surface area contributed by atoms with Crippen molar-refractivity contribution in [3.8, 4) is 5.75 Å². The van der Waals surface area contributed by atoms with Gasteiger partial charge in [-0.3, -0.25) is 0 Å². The highest BCUT2D eigenvalue weighted by molar-refractivity contribution is 6.00. The summed E-state index contributed by atoms with van der Waals surface area (Å²) >= 11 is 0. The van der Waals surface area contributed by atoms with Crippen LogP contribution in [0, 0.1) is 6.92 Å². The maximum absolute atomic E-state index is 8.87. The minimum absolute atomic E-state index is 0.0528. The number of oxime groups is 1. The summed E-state index contributed by atoms with van der Waals surface area (Å²) in [5, 5.41) is 12.1. The molecule has 4 nitrogen and oxygen atoms in total. The Hall–Kier alpha value is -1.55. The maximum atomic E-state index is 8.87. The van der Waals surface area contributed by atoms with E-state index in [1.807, 2.05) is 32.0 Å². The van der Waals surface area contributed by atoms with Crippen LogP contribution in [-0.4, -0.2) is 30.7 Å². The van der Waals surface area contributed by atoms with Gasteiger partial charge in [-0.2, -0.15) is 0 Å². The Kier molecular flexibility index (Phi) is 5.65. The fraction of sp³-hybridized carbons (Fsp3) is 0.500. The van der Waals surface area contributed by atoms with Crippen molar-refractivity contribution >= 4 is 5.71 Å². The molecule has 0 aliphatic rings. The Labute approximate surface area is 108 Å². The van der Waals surface area contributed by atoms with Crippen molar-refractivity contribution in [3.63, 3.8) is 0 Å². The van der Waals surface area contributed by atoms with E-state index in [-0.39, 0.29) is 6.10 Å². The van der Waals surface area contributed by atoms with E-state index in [1.54, 1.807) is 14.0 Å². The van der Waals surface area contributed by atoms with Gasteiger partial charge in [-0.15, -0.1) is 0 Å². The Bertz CT molecular complexity index is 416. The number of ether oxygens (including phenoxy) is 2. The number of methoxy groups -OCH3 is 1. The van der Waals surface area contributed by atoms with Gasteiger partial charge in [0.15, 0.2) is 0 Å². The molecule has 0 saturated carbocycles. The second kappa shape index (κ2) is 7.01. The van der Waals surface area contributed by atoms with Gasteiger partial charge in [0.25, 0.3) is 0 Å². The van der Waals surface area contributed by atoms with Crippen molar-refractivity contribution in [3.05, 3.63) is 29.3 Å². The Balaban J connectivity index is 2.88. The summed E-state index contributed by atoms with van der Waals surface area (Å²) in [7, 11) is 1.67. The SMILES string of the molecule is COCCC(C)Oc1cc(C)ccc1/C(C)=N/O. The average molecular weight is 251 g/mol. The standard InChI is InChI=1S/C14H21NO3/c1-10-5-6-13(12(3)15-16)14(9-10)18-11(2)7-8-17-4/h5-6,9,11,16H,7-8H2,1-4H3/b15-12+. The maximum Gasteiger partial charge on any atom is 0.129 e. The fourth-order valence-corrected chi connectivity index (χ4v) is 1.64. The van der Waals surface area contributed by atoms with E-state index < -0.39 is 0 Å². The van der Waals surface area contributed by atoms with Crippen LogP contribution in [-0.2, 0) is 4.74 Å². The Morgan fingerprint density at radius 3 is 2.78 bits per heavy atom. The summed E-state index contributed by atoms with van der Waals surface area (Å²) in [5.41, 5.74) is 2.47. The molecular formula is C14H21NO3. The summed E-state index contributed by atoms with van der Waals surface area (Å²) in [6.07, 6.45) is 0.871. The molecule has 0 radical (unpaired) electrons. The van der Waals surface area contributed by atoms with E-state index >= 15 is 0 Å². The predicted molar refractivity (Wildman–Crippen MR) is 71.8 cm³/mol. The molecule has 100 valence electrons. The largest absolute Gasteiger partial charge is 0.490 e. The molecule has 18 heavy (non-hydrogen) atoms. The lowest BCUT2D eigenvalue weighted by atomic mass is 10.1. The van der Waals surface area contributed by atoms with Gasteiger partial charge in [0.2, 0.25) is 0 Å². The van der Waals surface area contributed by atoms with Crippen molar-refractivity contribution < 1.29 is 14.7 Å². The van der Waals surface area contributed by atoms with E-state index in [2.05, 4.69) is 5.16 Å². The van der Waals surface area contributed by atoms with Crippen molar-refractivity contribution in [2.75, 3.05) is 13.7 Å². The van der Waals surface area contributed by atoms with Crippen LogP contribution in [0.15, 0.2) is 23.4 Å². The van der Waals surface area contributed by atoms with Gasteiger partial charge in [0, 0.05) is 25.7 Å². The first-order valence-corrected chi connectivity index (χ1v) is 6.03. The molecule has 0 spiro atoms. The number of nitrogens with zero attached hydrogens (tertiary/aromatic N) is 1. The van der Waals surface area contributed by atoms with Crippen LogP contribution in [0.5, 0.6) is 5.75 Å². The lowest BCUT2D eigenvalue weighted by Crippen LogP contribution is -2.16. The highest BCUT2D eigenvalue weighted by atomic mass is 16.5. The summed E-state index contributed by atoms with van der Waals surface area (Å²) in [6, 6.07) is 5.83. The van der Waals surface area contributed by atoms with Gasteiger partial charge < -0.3 is 14.7 Å². The number of rotatable bonds is 6. The summed E-state index contributed by atoms with van der Waals surface area (Å²) in [4.78, 5) is 0. The molecule has 0 fully saturated rings. The molecule has 0 aliphatic heterocycles. The van der Waals surface area contributed by atoms with Crippen LogP contribution in [0.1, 0.15) is 31.4 Å². The van der Waals surface area contributed by atoms with Crippen molar-refractivity contribution in [2.45, 2.75) is 33.3 Å². The van der Waals surface area contributed by atoms with Crippen LogP contribution < -0.4 is 4.74 Å². The molecule has 0 bridgehead atoms. The first-order chi connectivity index (χ1) is 8.58. The molecule has 0 heterocycles. The highest BCUT2D eigenvalue weighted by Crippen LogP contribution is 2.23. The second-order valence-electron chi connectivity index (χ2n) is 4.39. The zero-order chi connectivity index (χ0) is 13.5. The molecular weight excluding hydrogens is 230 g/mol. The zero-order valence-corrected chi connectivity index (χ0v) is 11.4. The lowest BCUT2D eigenvalue weighted by molar-refractivity contribution is 0.135. The van der Waals surface area contributed by atoms with Crippen LogP contribution in [0.3, 0.4) is 0 Å². The summed E-state index contributed by atoms with van der Waals surface area (Å²) in [6.45, 7) is 6.41. The number of hydrogen-bond donors (Lipinski definition) is 1. The third-order valence-electron chi connectivity index (χ3n) is 2.73. The quantitative estimate of drug-likeness (QED) is 0.480. The Morgan fingerprint density at radius 1 is 1.44 bits per heavy atom. The normalized spacial score (nSPS) is 13.4. The van der Waals surface area contributed by atoms with Crippen molar-refractivity contribution in [2.24, 2.45) is 5.16 Å². The summed E-state index contributed by atoms with van der Waals surface area (Å²) in [5.74, 6) is 0.744. The molecule has 1 aromatic carbocycles. The van der Waals surface area contributed by atoms with Crippen LogP contribution in [0.25, 0.3) is 0 Å². The fourth-order valence-electron chi connectivity index (χ4n) is 1.64. The highest BCUT2D eigenvalue weighted by Gasteiger charge is 2.11. The number of benzene rings is 1. The molecule has 1 rings (SSSR count). The molecule has 1 unspecified atom stereocenters. The van der Waals surface area contributed by atoms with E-state index in [1.165, 1.54) is 0 Å². The molecule has 1 aromatic rings. The van der Waals surface area contributed by atoms with Gasteiger partial charge in [-0.25, -0.2) is 0 Å². The molecule has 0 aliphatic carbocycles. The third kappa shape index (κ3) is 4.04. The summed E-state index contributed by atoms with van der Waals surface area (Å²) < 4.78 is 10.9. The molecule has 0 saturated heterocycles. The molecule has 1 N–H and O–H groups in total. The second-order valence-corrected chi connectivity index (χ2v) is 4.39. The van der Waals surface area contributed by atoms with E-state index in [4.69, 9.17) is 14.7 Å². The van der Waals surface area contributed by atoms with Gasteiger partial charge >= 0.3 is 0 Å². The van der Waals surface area contributed by atoms with Gasteiger partial charge in [0.1, 0.15) is 5.75 Å². The van der Waals surface area contributed by atoms with E-state index in [9.17, 15) is 0 Å². The predicted octanol–water partition coefficient (Wildman–Crippen LogP) is 3.00. The van der Waals surface area contributed by atoms with Gasteiger partial charge in [-0.05, 0) is 38.5 Å². The van der Waals surface area contributed by atoms with E-state index in [0.717, 1.165) is 23.3 Å². The number of hydrogen-bond acceptors (Lipinski definition) is 4. The number of aryl methyl sites for hydroxylation is 1. The van der Waals surface area contributed by atoms with Gasteiger partial charge in [-0.1, -0.05) is 11.2 Å². The van der Waals surface area contributed by atoms with Crippen molar-refractivity contribution in [1.29, 1.82) is 0 Å². The zero-order valence-electron chi connectivity index (χ0n) is 11.4. The first-order valence-electron chi connectivity index (χ1n) is 6.03. The minimum atomic E-state index is 0.0528. The average Bonchev–Trinajstić information content (AvgIpc) is 2.35. The lowest BCUT2D eigenvalue weighted by Gasteiger charge is -2.17. The van der Waals surface area contributed by atoms with Crippen LogP contribution in [0.2, 0.25) is 0 Å².